The van der Waals surface area contributed by atoms with E-state index < -0.39 is 23.9 Å². The second kappa shape index (κ2) is 26.4. The van der Waals surface area contributed by atoms with Crippen LogP contribution in [0.15, 0.2) is 36.4 Å². The van der Waals surface area contributed by atoms with Gasteiger partial charge < -0.3 is 45.1 Å². The molecule has 4 N–H and O–H groups in total. The maximum atomic E-state index is 12.8. The first-order chi connectivity index (χ1) is 25.5. The molecular weight excluding hydrogens is 688 g/mol. The number of unbranched alkanes of at least 4 members (excludes halogenated alkanes) is 2. The van der Waals surface area contributed by atoms with Gasteiger partial charge in [-0.1, -0.05) is 39.3 Å². The van der Waals surface area contributed by atoms with Gasteiger partial charge in [-0.25, -0.2) is 4.79 Å². The van der Waals surface area contributed by atoms with Crippen molar-refractivity contribution in [3.05, 3.63) is 42.0 Å². The number of amides is 6. The summed E-state index contributed by atoms with van der Waals surface area (Å²) in [6.45, 7) is 10.2. The van der Waals surface area contributed by atoms with Crippen LogP contribution in [-0.2, 0) is 49.5 Å². The highest BCUT2D eigenvalue weighted by Gasteiger charge is 2.25. The Morgan fingerprint density at radius 3 is 2.08 bits per heavy atom. The quantitative estimate of drug-likeness (QED) is 0.0724. The van der Waals surface area contributed by atoms with Gasteiger partial charge in [-0.2, -0.15) is 0 Å². The second-order valence-corrected chi connectivity index (χ2v) is 12.7. The number of likely N-dealkylation sites (N-methyl/N-ethyl adjacent to an activating group) is 1. The molecule has 6 amide bonds. The summed E-state index contributed by atoms with van der Waals surface area (Å²) in [5, 5.41) is 11.0. The molecule has 1 aliphatic rings. The molecular formula is C37H58N6O10. The van der Waals surface area contributed by atoms with E-state index in [2.05, 4.69) is 21.3 Å². The molecule has 0 saturated carbocycles. The molecule has 1 aromatic carbocycles. The molecule has 1 aromatic rings. The number of hydrogen-bond donors (Lipinski definition) is 4. The minimum atomic E-state index is -0.826. The van der Waals surface area contributed by atoms with Crippen LogP contribution in [0.5, 0.6) is 0 Å². The molecule has 0 aliphatic carbocycles. The molecule has 53 heavy (non-hydrogen) atoms. The van der Waals surface area contributed by atoms with Gasteiger partial charge in [-0.3, -0.25) is 28.9 Å². The second-order valence-electron chi connectivity index (χ2n) is 12.7. The van der Waals surface area contributed by atoms with E-state index in [9.17, 15) is 28.8 Å². The Bertz CT molecular complexity index is 1310. The van der Waals surface area contributed by atoms with E-state index in [1.807, 2.05) is 14.0 Å². The fourth-order valence-corrected chi connectivity index (χ4v) is 5.02. The van der Waals surface area contributed by atoms with Crippen LogP contribution >= 0.6 is 0 Å². The molecule has 0 radical (unpaired) electrons. The van der Waals surface area contributed by atoms with Crippen molar-refractivity contribution >= 4 is 41.3 Å². The van der Waals surface area contributed by atoms with Gasteiger partial charge in [0.1, 0.15) is 12.6 Å². The summed E-state index contributed by atoms with van der Waals surface area (Å²) < 4.78 is 22.0. The predicted molar refractivity (Wildman–Crippen MR) is 198 cm³/mol. The van der Waals surface area contributed by atoms with E-state index in [0.717, 1.165) is 23.4 Å². The van der Waals surface area contributed by atoms with Gasteiger partial charge in [-0.15, -0.1) is 0 Å². The van der Waals surface area contributed by atoms with Crippen molar-refractivity contribution in [2.45, 2.75) is 65.5 Å². The average Bonchev–Trinajstić information content (AvgIpc) is 3.46. The number of rotatable bonds is 28. The summed E-state index contributed by atoms with van der Waals surface area (Å²) in [5.74, 6) is -2.11. The third-order valence-corrected chi connectivity index (χ3v) is 7.97. The van der Waals surface area contributed by atoms with Gasteiger partial charge in [0.05, 0.1) is 46.2 Å². The number of nitrogens with zero attached hydrogens (tertiary/aromatic N) is 2. The van der Waals surface area contributed by atoms with Crippen molar-refractivity contribution in [3.8, 4) is 0 Å². The molecule has 16 nitrogen and oxygen atoms in total. The van der Waals surface area contributed by atoms with Crippen molar-refractivity contribution in [2.24, 2.45) is 5.92 Å². The highest BCUT2D eigenvalue weighted by Crippen LogP contribution is 2.12. The SMILES string of the molecule is CCCN(CCOCCOCCOCCNC)C(=O)OCc1ccc(NC(=O)CNC(=O)C(NC(=O)CCCCCN2C(=O)C=CC2=O)C(C)C)cc1. The molecule has 0 spiro atoms. The number of benzene rings is 1. The van der Waals surface area contributed by atoms with Crippen molar-refractivity contribution in [1.82, 2.24) is 25.8 Å². The number of anilines is 1. The topological polar surface area (TPSA) is 194 Å². The fraction of sp³-hybridized carbons (Fsp3) is 0.622. The predicted octanol–water partition coefficient (Wildman–Crippen LogP) is 1.99. The molecule has 0 saturated heterocycles. The highest BCUT2D eigenvalue weighted by atomic mass is 16.6. The van der Waals surface area contributed by atoms with E-state index in [-0.39, 0.29) is 43.2 Å². The molecule has 16 heteroatoms. The van der Waals surface area contributed by atoms with E-state index in [1.54, 1.807) is 43.0 Å². The summed E-state index contributed by atoms with van der Waals surface area (Å²) in [7, 11) is 1.87. The van der Waals surface area contributed by atoms with Gasteiger partial charge in [0.2, 0.25) is 17.7 Å². The van der Waals surface area contributed by atoms with Crippen LogP contribution in [-0.4, -0.2) is 131 Å². The van der Waals surface area contributed by atoms with Crippen LogP contribution in [0.3, 0.4) is 0 Å². The lowest BCUT2D eigenvalue weighted by Gasteiger charge is -2.22. The summed E-state index contributed by atoms with van der Waals surface area (Å²) in [6, 6.07) is 5.98. The zero-order valence-electron chi connectivity index (χ0n) is 31.6. The number of hydrogen-bond acceptors (Lipinski definition) is 11. The summed E-state index contributed by atoms with van der Waals surface area (Å²) >= 11 is 0. The monoisotopic (exact) mass is 746 g/mol. The van der Waals surface area contributed by atoms with Crippen LogP contribution < -0.4 is 21.3 Å². The van der Waals surface area contributed by atoms with E-state index >= 15 is 0 Å². The zero-order valence-corrected chi connectivity index (χ0v) is 31.6. The highest BCUT2D eigenvalue weighted by molar-refractivity contribution is 6.12. The Balaban J connectivity index is 1.65. The van der Waals surface area contributed by atoms with Crippen molar-refractivity contribution in [1.29, 1.82) is 0 Å². The van der Waals surface area contributed by atoms with E-state index in [4.69, 9.17) is 18.9 Å². The third-order valence-electron chi connectivity index (χ3n) is 7.97. The molecule has 1 atom stereocenters. The molecule has 0 bridgehead atoms. The minimum Gasteiger partial charge on any atom is -0.445 e. The van der Waals surface area contributed by atoms with Crippen LogP contribution in [0.4, 0.5) is 10.5 Å². The number of carbonyl (C=O) groups excluding carboxylic acids is 6. The van der Waals surface area contributed by atoms with Crippen molar-refractivity contribution < 1.29 is 47.7 Å². The van der Waals surface area contributed by atoms with Gasteiger partial charge in [-0.05, 0) is 49.9 Å². The fourth-order valence-electron chi connectivity index (χ4n) is 5.02. The lowest BCUT2D eigenvalue weighted by Crippen LogP contribution is -2.51. The van der Waals surface area contributed by atoms with Gasteiger partial charge in [0.15, 0.2) is 0 Å². The first kappa shape index (κ1) is 44.8. The first-order valence-electron chi connectivity index (χ1n) is 18.3. The molecule has 0 fully saturated rings. The Labute approximate surface area is 312 Å². The molecule has 1 heterocycles. The van der Waals surface area contributed by atoms with Crippen LogP contribution in [0.25, 0.3) is 0 Å². The Morgan fingerprint density at radius 2 is 1.45 bits per heavy atom. The first-order valence-corrected chi connectivity index (χ1v) is 18.3. The molecule has 0 aromatic heterocycles. The van der Waals surface area contributed by atoms with Gasteiger partial charge >= 0.3 is 6.09 Å². The summed E-state index contributed by atoms with van der Waals surface area (Å²) in [4.78, 5) is 76.6. The molecule has 2 rings (SSSR count). The number of nitrogens with one attached hydrogen (secondary N) is 4. The number of imide groups is 1. The third kappa shape index (κ3) is 18.8. The number of ether oxygens (including phenoxy) is 4. The van der Waals surface area contributed by atoms with Gasteiger partial charge in [0, 0.05) is 50.4 Å². The number of carbonyl (C=O) groups is 6. The van der Waals surface area contributed by atoms with Crippen molar-refractivity contribution in [3.63, 3.8) is 0 Å². The summed E-state index contributed by atoms with van der Waals surface area (Å²) in [5.41, 5.74) is 1.23. The lowest BCUT2D eigenvalue weighted by atomic mass is 10.0. The Morgan fingerprint density at radius 1 is 0.811 bits per heavy atom. The lowest BCUT2D eigenvalue weighted by molar-refractivity contribution is -0.137. The Hall–Kier alpha value is -4.38. The average molecular weight is 747 g/mol. The zero-order chi connectivity index (χ0) is 38.8. The normalized spacial score (nSPS) is 13.0. The van der Waals surface area contributed by atoms with Crippen LogP contribution in [0, 0.1) is 5.92 Å². The van der Waals surface area contributed by atoms with Gasteiger partial charge in [0.25, 0.3) is 11.8 Å². The smallest absolute Gasteiger partial charge is 0.410 e. The maximum Gasteiger partial charge on any atom is 0.410 e. The molecule has 1 unspecified atom stereocenters. The van der Waals surface area contributed by atoms with Crippen molar-refractivity contribution in [2.75, 3.05) is 84.7 Å². The van der Waals surface area contributed by atoms with Crippen LogP contribution in [0.1, 0.15) is 58.4 Å². The molecule has 296 valence electrons. The molecule has 1 aliphatic heterocycles. The van der Waals surface area contributed by atoms with Crippen LogP contribution in [0.2, 0.25) is 0 Å². The van der Waals surface area contributed by atoms with E-state index in [0.29, 0.717) is 84.2 Å². The summed E-state index contributed by atoms with van der Waals surface area (Å²) in [6.07, 6.45) is 4.73. The largest absolute Gasteiger partial charge is 0.445 e. The standard InChI is InChI=1S/C37H58N6O10/c1-5-17-42(19-21-51-23-25-52-24-22-50-20-16-38-4)37(49)53-27-29-10-12-30(13-11-29)40-32(45)26-39-36(48)35(28(2)3)41-31(44)9-7-6-8-18-43-33(46)14-15-34(43)47/h10-15,28,35,38H,5-9,16-27H2,1-4H3,(H,39,48)(H,40,45)(H,41,44). The minimum absolute atomic E-state index is 0.0507. The Kier molecular flexibility index (Phi) is 22.3. The van der Waals surface area contributed by atoms with E-state index in [1.165, 1.54) is 12.2 Å². The maximum absolute atomic E-state index is 12.8.